The number of hydrogen-bond donors (Lipinski definition) is 3. The molecule has 0 bridgehead atoms. The normalized spacial score (nSPS) is 21.8. The number of aliphatic carboxylic acids is 1. The SMILES string of the molecule is CCC=CC1=C(C(=O)O)N2C(=O)C(NC(=O)C(=NOC)c3csc(N)n3)[C@@H]2SC1. The highest BCUT2D eigenvalue weighted by Gasteiger charge is 2.54. The Morgan fingerprint density at radius 2 is 2.31 bits per heavy atom. The van der Waals surface area contributed by atoms with Gasteiger partial charge in [0.05, 0.1) is 0 Å². The summed E-state index contributed by atoms with van der Waals surface area (Å²) in [7, 11) is 1.28. The van der Waals surface area contributed by atoms with Gasteiger partial charge in [0.15, 0.2) is 10.8 Å². The minimum absolute atomic E-state index is 0.0491. The number of nitrogens with one attached hydrogen (secondary N) is 1. The molecule has 3 heterocycles. The predicted molar refractivity (Wildman–Crippen MR) is 109 cm³/mol. The lowest BCUT2D eigenvalue weighted by Gasteiger charge is -2.49. The fourth-order valence-electron chi connectivity index (χ4n) is 2.93. The lowest BCUT2D eigenvalue weighted by atomic mass is 10.0. The summed E-state index contributed by atoms with van der Waals surface area (Å²) in [5, 5.41) is 17.2. The highest BCUT2D eigenvalue weighted by Crippen LogP contribution is 2.40. The molecule has 0 aromatic carbocycles. The Labute approximate surface area is 174 Å². The molecule has 0 saturated carbocycles. The van der Waals surface area contributed by atoms with Gasteiger partial charge in [0.1, 0.15) is 29.9 Å². The number of carboxylic acid groups (broad SMARTS) is 1. The summed E-state index contributed by atoms with van der Waals surface area (Å²) in [6.07, 6.45) is 4.32. The van der Waals surface area contributed by atoms with Crippen LogP contribution in [0.5, 0.6) is 0 Å². The molecule has 29 heavy (non-hydrogen) atoms. The molecule has 1 unspecified atom stereocenters. The van der Waals surface area contributed by atoms with Crippen molar-refractivity contribution in [2.24, 2.45) is 5.16 Å². The van der Waals surface area contributed by atoms with Gasteiger partial charge in [0, 0.05) is 11.1 Å². The third-order valence-corrected chi connectivity index (χ3v) is 6.18. The molecule has 2 aliphatic heterocycles. The van der Waals surface area contributed by atoms with E-state index in [1.165, 1.54) is 23.8 Å². The number of fused-ring (bicyclic) bond motifs is 1. The molecule has 10 nitrogen and oxygen atoms in total. The number of thiazole rings is 1. The van der Waals surface area contributed by atoms with Crippen molar-refractivity contribution in [3.8, 4) is 0 Å². The van der Waals surface area contributed by atoms with Crippen molar-refractivity contribution >= 4 is 51.7 Å². The maximum Gasteiger partial charge on any atom is 0.352 e. The smallest absolute Gasteiger partial charge is 0.352 e. The Morgan fingerprint density at radius 3 is 2.90 bits per heavy atom. The molecule has 0 radical (unpaired) electrons. The summed E-state index contributed by atoms with van der Waals surface area (Å²) in [6, 6.07) is -0.878. The van der Waals surface area contributed by atoms with Gasteiger partial charge in [-0.15, -0.1) is 23.1 Å². The average Bonchev–Trinajstić information content (AvgIpc) is 3.13. The van der Waals surface area contributed by atoms with E-state index in [1.54, 1.807) is 11.5 Å². The number of nitrogens with zero attached hydrogens (tertiary/aromatic N) is 3. The summed E-state index contributed by atoms with van der Waals surface area (Å²) in [6.45, 7) is 1.94. The lowest BCUT2D eigenvalue weighted by molar-refractivity contribution is -0.150. The van der Waals surface area contributed by atoms with Crippen LogP contribution in [0.2, 0.25) is 0 Å². The maximum absolute atomic E-state index is 12.7. The summed E-state index contributed by atoms with van der Waals surface area (Å²) in [5.41, 5.74) is 6.23. The van der Waals surface area contributed by atoms with Gasteiger partial charge in [-0.25, -0.2) is 9.78 Å². The molecule has 1 saturated heterocycles. The highest BCUT2D eigenvalue weighted by atomic mass is 32.2. The molecule has 2 amide bonds. The molecule has 2 atom stereocenters. The number of carbonyl (C=O) groups is 3. The van der Waals surface area contributed by atoms with Gasteiger partial charge in [0.2, 0.25) is 0 Å². The molecule has 0 spiro atoms. The number of nitrogens with two attached hydrogens (primary N) is 1. The molecule has 3 rings (SSSR count). The molecule has 1 aromatic rings. The monoisotopic (exact) mass is 437 g/mol. The molecule has 12 heteroatoms. The lowest BCUT2D eigenvalue weighted by Crippen LogP contribution is -2.71. The van der Waals surface area contributed by atoms with Crippen LogP contribution in [0.15, 0.2) is 34.0 Å². The zero-order valence-electron chi connectivity index (χ0n) is 15.6. The van der Waals surface area contributed by atoms with Crippen molar-refractivity contribution in [1.29, 1.82) is 0 Å². The number of thioether (sulfide) groups is 1. The van der Waals surface area contributed by atoms with Gasteiger partial charge in [-0.3, -0.25) is 14.5 Å². The Balaban J connectivity index is 1.80. The molecule has 0 aliphatic carbocycles. The van der Waals surface area contributed by atoms with E-state index >= 15 is 0 Å². The first-order chi connectivity index (χ1) is 13.9. The Morgan fingerprint density at radius 1 is 1.55 bits per heavy atom. The molecular weight excluding hydrogens is 418 g/mol. The van der Waals surface area contributed by atoms with E-state index in [1.807, 2.05) is 13.0 Å². The topological polar surface area (TPSA) is 147 Å². The van der Waals surface area contributed by atoms with Crippen LogP contribution in [0.4, 0.5) is 5.13 Å². The Kier molecular flexibility index (Phi) is 6.23. The molecule has 1 aromatic heterocycles. The number of aromatic nitrogens is 1. The van der Waals surface area contributed by atoms with Gasteiger partial charge in [-0.1, -0.05) is 24.2 Å². The first-order valence-corrected chi connectivity index (χ1v) is 10.5. The van der Waals surface area contributed by atoms with Gasteiger partial charge in [-0.2, -0.15) is 0 Å². The van der Waals surface area contributed by atoms with Crippen LogP contribution in [0.3, 0.4) is 0 Å². The van der Waals surface area contributed by atoms with Crippen LogP contribution in [-0.4, -0.2) is 62.8 Å². The molecule has 2 aliphatic rings. The number of oxime groups is 1. The molecular formula is C17H19N5O5S2. The molecule has 154 valence electrons. The largest absolute Gasteiger partial charge is 0.477 e. The molecule has 4 N–H and O–H groups in total. The van der Waals surface area contributed by atoms with Crippen LogP contribution in [0, 0.1) is 0 Å². The summed E-state index contributed by atoms with van der Waals surface area (Å²) >= 11 is 2.52. The van der Waals surface area contributed by atoms with Gasteiger partial charge < -0.3 is 21.0 Å². The quantitative estimate of drug-likeness (QED) is 0.322. The van der Waals surface area contributed by atoms with Crippen molar-refractivity contribution in [2.75, 3.05) is 18.6 Å². The van der Waals surface area contributed by atoms with Crippen LogP contribution in [0.1, 0.15) is 19.0 Å². The van der Waals surface area contributed by atoms with E-state index in [-0.39, 0.29) is 22.2 Å². The third-order valence-electron chi connectivity index (χ3n) is 4.20. The van der Waals surface area contributed by atoms with Crippen molar-refractivity contribution in [2.45, 2.75) is 24.8 Å². The number of carbonyl (C=O) groups excluding carboxylic acids is 2. The third kappa shape index (κ3) is 3.98. The van der Waals surface area contributed by atoms with Gasteiger partial charge >= 0.3 is 5.97 Å². The second-order valence-corrected chi connectivity index (χ2v) is 8.04. The van der Waals surface area contributed by atoms with Crippen LogP contribution in [-0.2, 0) is 19.2 Å². The number of β-lactam (4-membered cyclic amide) rings is 1. The minimum atomic E-state index is -1.18. The van der Waals surface area contributed by atoms with E-state index in [4.69, 9.17) is 10.6 Å². The fraction of sp³-hybridized carbons (Fsp3) is 0.353. The highest BCUT2D eigenvalue weighted by molar-refractivity contribution is 8.00. The van der Waals surface area contributed by atoms with E-state index in [2.05, 4.69) is 15.5 Å². The Bertz CT molecular complexity index is 938. The van der Waals surface area contributed by atoms with Crippen molar-refractivity contribution < 1.29 is 24.3 Å². The van der Waals surface area contributed by atoms with E-state index in [0.29, 0.717) is 11.3 Å². The zero-order chi connectivity index (χ0) is 21.1. The van der Waals surface area contributed by atoms with Crippen molar-refractivity contribution in [1.82, 2.24) is 15.2 Å². The van der Waals surface area contributed by atoms with Crippen LogP contribution in [0.25, 0.3) is 0 Å². The van der Waals surface area contributed by atoms with Gasteiger partial charge in [-0.05, 0) is 12.0 Å². The van der Waals surface area contributed by atoms with Crippen LogP contribution >= 0.6 is 23.1 Å². The van der Waals surface area contributed by atoms with Crippen LogP contribution < -0.4 is 11.1 Å². The summed E-state index contributed by atoms with van der Waals surface area (Å²) in [4.78, 5) is 47.0. The predicted octanol–water partition coefficient (Wildman–Crippen LogP) is 0.781. The minimum Gasteiger partial charge on any atom is -0.477 e. The zero-order valence-corrected chi connectivity index (χ0v) is 17.2. The number of hydrogen-bond acceptors (Lipinski definition) is 9. The molecule has 1 fully saturated rings. The maximum atomic E-state index is 12.7. The second kappa shape index (κ2) is 8.66. The fourth-order valence-corrected chi connectivity index (χ4v) is 4.80. The number of allylic oxidation sites excluding steroid dienone is 2. The second-order valence-electron chi connectivity index (χ2n) is 6.04. The van der Waals surface area contributed by atoms with E-state index in [9.17, 15) is 19.5 Å². The summed E-state index contributed by atoms with van der Waals surface area (Å²) < 4.78 is 0. The number of amides is 2. The average molecular weight is 438 g/mol. The standard InChI is InChI=1S/C17H19N5O5S2/c1-3-4-5-8-6-28-15-11(14(24)22(15)12(8)16(25)26)20-13(23)10(21-27-2)9-7-29-17(18)19-9/h4-5,7,11,15H,3,6H2,1-2H3,(H2,18,19)(H,20,23)(H,25,26)/t11?,15-/m0/s1. The number of carboxylic acids is 1. The number of rotatable bonds is 7. The Hall–Kier alpha value is -2.86. The van der Waals surface area contributed by atoms with Gasteiger partial charge in [0.25, 0.3) is 11.8 Å². The first-order valence-electron chi connectivity index (χ1n) is 8.60. The first kappa shape index (κ1) is 20.9. The van der Waals surface area contributed by atoms with Crippen molar-refractivity contribution in [3.05, 3.63) is 34.5 Å². The summed E-state index contributed by atoms with van der Waals surface area (Å²) in [5.74, 6) is -1.91. The number of anilines is 1. The van der Waals surface area contributed by atoms with E-state index < -0.39 is 29.2 Å². The van der Waals surface area contributed by atoms with Crippen molar-refractivity contribution in [3.63, 3.8) is 0 Å². The number of nitrogen functional groups attached to an aromatic ring is 1. The van der Waals surface area contributed by atoms with E-state index in [0.717, 1.165) is 17.8 Å².